The SMILES string of the molecule is O=C(CCC1CCCCC1)NC[C@@H](c1ccco1)N1CCCC1. The smallest absolute Gasteiger partial charge is 0.220 e. The fourth-order valence-corrected chi connectivity index (χ4v) is 4.05. The van der Waals surface area contributed by atoms with Gasteiger partial charge >= 0.3 is 0 Å². The number of nitrogens with zero attached hydrogens (tertiary/aromatic N) is 1. The molecular formula is C19H30N2O2. The number of rotatable bonds is 7. The molecule has 128 valence electrons. The fraction of sp³-hybridized carbons (Fsp3) is 0.737. The third-order valence-electron chi connectivity index (χ3n) is 5.45. The molecule has 1 saturated carbocycles. The zero-order valence-electron chi connectivity index (χ0n) is 14.1. The van der Waals surface area contributed by atoms with Crippen molar-refractivity contribution < 1.29 is 9.21 Å². The molecule has 1 aliphatic carbocycles. The predicted molar refractivity (Wildman–Crippen MR) is 91.1 cm³/mol. The summed E-state index contributed by atoms with van der Waals surface area (Å²) in [5, 5.41) is 3.15. The van der Waals surface area contributed by atoms with Crippen LogP contribution in [0.1, 0.15) is 69.6 Å². The Morgan fingerprint density at radius 2 is 2.00 bits per heavy atom. The van der Waals surface area contributed by atoms with Crippen LogP contribution in [0, 0.1) is 5.92 Å². The molecule has 0 aromatic carbocycles. The van der Waals surface area contributed by atoms with Crippen molar-refractivity contribution in [1.29, 1.82) is 0 Å². The first-order valence-electron chi connectivity index (χ1n) is 9.37. The summed E-state index contributed by atoms with van der Waals surface area (Å²) in [6.45, 7) is 2.86. The summed E-state index contributed by atoms with van der Waals surface area (Å²) in [4.78, 5) is 14.6. The quantitative estimate of drug-likeness (QED) is 0.829. The largest absolute Gasteiger partial charge is 0.468 e. The Morgan fingerprint density at radius 3 is 2.70 bits per heavy atom. The molecule has 1 amide bonds. The van der Waals surface area contributed by atoms with Gasteiger partial charge in [-0.25, -0.2) is 0 Å². The summed E-state index contributed by atoms with van der Waals surface area (Å²) in [5.41, 5.74) is 0. The second-order valence-electron chi connectivity index (χ2n) is 7.12. The van der Waals surface area contributed by atoms with Crippen LogP contribution in [-0.2, 0) is 4.79 Å². The Bertz CT molecular complexity index is 460. The van der Waals surface area contributed by atoms with Gasteiger partial charge in [-0.15, -0.1) is 0 Å². The van der Waals surface area contributed by atoms with E-state index >= 15 is 0 Å². The van der Waals surface area contributed by atoms with Crippen molar-refractivity contribution in [1.82, 2.24) is 10.2 Å². The highest BCUT2D eigenvalue weighted by atomic mass is 16.3. The molecule has 1 saturated heterocycles. The van der Waals surface area contributed by atoms with E-state index in [9.17, 15) is 4.79 Å². The average Bonchev–Trinajstić information content (AvgIpc) is 3.28. The molecule has 2 aliphatic rings. The van der Waals surface area contributed by atoms with E-state index in [1.807, 2.05) is 12.1 Å². The number of likely N-dealkylation sites (tertiary alicyclic amines) is 1. The molecule has 3 rings (SSSR count). The lowest BCUT2D eigenvalue weighted by Gasteiger charge is -2.26. The Kier molecular flexibility index (Phi) is 6.14. The topological polar surface area (TPSA) is 45.5 Å². The zero-order chi connectivity index (χ0) is 15.9. The molecule has 4 nitrogen and oxygen atoms in total. The summed E-state index contributed by atoms with van der Waals surface area (Å²) < 4.78 is 5.60. The second kappa shape index (κ2) is 8.53. The van der Waals surface area contributed by atoms with Crippen LogP contribution in [-0.4, -0.2) is 30.4 Å². The minimum Gasteiger partial charge on any atom is -0.468 e. The van der Waals surface area contributed by atoms with Crippen molar-refractivity contribution in [3.05, 3.63) is 24.2 Å². The van der Waals surface area contributed by atoms with Gasteiger partial charge in [0.2, 0.25) is 5.91 Å². The average molecular weight is 318 g/mol. The summed E-state index contributed by atoms with van der Waals surface area (Å²) in [6.07, 6.45) is 12.7. The molecule has 1 aliphatic heterocycles. The van der Waals surface area contributed by atoms with Crippen LogP contribution in [0.5, 0.6) is 0 Å². The van der Waals surface area contributed by atoms with Gasteiger partial charge in [-0.3, -0.25) is 9.69 Å². The Morgan fingerprint density at radius 1 is 1.22 bits per heavy atom. The molecule has 0 radical (unpaired) electrons. The Balaban J connectivity index is 1.45. The minimum atomic E-state index is 0.186. The molecule has 2 fully saturated rings. The maximum Gasteiger partial charge on any atom is 0.220 e. The van der Waals surface area contributed by atoms with Crippen molar-refractivity contribution >= 4 is 5.91 Å². The molecule has 1 N–H and O–H groups in total. The second-order valence-corrected chi connectivity index (χ2v) is 7.12. The number of nitrogens with one attached hydrogen (secondary N) is 1. The Hall–Kier alpha value is -1.29. The molecule has 1 aromatic rings. The highest BCUT2D eigenvalue weighted by molar-refractivity contribution is 5.75. The number of hydrogen-bond acceptors (Lipinski definition) is 3. The van der Waals surface area contributed by atoms with E-state index in [4.69, 9.17) is 4.42 Å². The van der Waals surface area contributed by atoms with Crippen LogP contribution in [0.25, 0.3) is 0 Å². The number of carbonyl (C=O) groups excluding carboxylic acids is 1. The van der Waals surface area contributed by atoms with Crippen LogP contribution < -0.4 is 5.32 Å². The molecule has 23 heavy (non-hydrogen) atoms. The van der Waals surface area contributed by atoms with Crippen molar-refractivity contribution in [3.8, 4) is 0 Å². The standard InChI is InChI=1S/C19H30N2O2/c22-19(11-10-16-7-2-1-3-8-16)20-15-17(18-9-6-14-23-18)21-12-4-5-13-21/h6,9,14,16-17H,1-5,7-8,10-13,15H2,(H,20,22)/t17-/m0/s1. The number of carbonyl (C=O) groups is 1. The monoisotopic (exact) mass is 318 g/mol. The molecule has 0 spiro atoms. The van der Waals surface area contributed by atoms with Gasteiger partial charge in [-0.05, 0) is 50.4 Å². The molecule has 1 aromatic heterocycles. The van der Waals surface area contributed by atoms with E-state index in [1.54, 1.807) is 6.26 Å². The highest BCUT2D eigenvalue weighted by Gasteiger charge is 2.26. The van der Waals surface area contributed by atoms with E-state index in [0.29, 0.717) is 13.0 Å². The van der Waals surface area contributed by atoms with Crippen LogP contribution in [0.15, 0.2) is 22.8 Å². The van der Waals surface area contributed by atoms with Crippen LogP contribution >= 0.6 is 0 Å². The van der Waals surface area contributed by atoms with Gasteiger partial charge in [0.1, 0.15) is 5.76 Å². The fourth-order valence-electron chi connectivity index (χ4n) is 4.05. The number of hydrogen-bond donors (Lipinski definition) is 1. The zero-order valence-corrected chi connectivity index (χ0v) is 14.1. The van der Waals surface area contributed by atoms with Gasteiger partial charge in [0.25, 0.3) is 0 Å². The summed E-state index contributed by atoms with van der Waals surface area (Å²) in [7, 11) is 0. The highest BCUT2D eigenvalue weighted by Crippen LogP contribution is 2.27. The maximum absolute atomic E-state index is 12.2. The lowest BCUT2D eigenvalue weighted by molar-refractivity contribution is -0.121. The minimum absolute atomic E-state index is 0.186. The summed E-state index contributed by atoms with van der Waals surface area (Å²) >= 11 is 0. The molecule has 4 heteroatoms. The summed E-state index contributed by atoms with van der Waals surface area (Å²) in [5.74, 6) is 1.94. The van der Waals surface area contributed by atoms with Crippen molar-refractivity contribution in [2.45, 2.75) is 63.8 Å². The molecule has 1 atom stereocenters. The lowest BCUT2D eigenvalue weighted by atomic mass is 9.86. The Labute approximate surface area is 139 Å². The normalized spacial score (nSPS) is 21.4. The third-order valence-corrected chi connectivity index (χ3v) is 5.45. The molecular weight excluding hydrogens is 288 g/mol. The van der Waals surface area contributed by atoms with E-state index in [0.717, 1.165) is 31.2 Å². The first kappa shape index (κ1) is 16.6. The van der Waals surface area contributed by atoms with Crippen LogP contribution in [0.4, 0.5) is 0 Å². The van der Waals surface area contributed by atoms with Crippen molar-refractivity contribution in [3.63, 3.8) is 0 Å². The third kappa shape index (κ3) is 4.84. The van der Waals surface area contributed by atoms with Gasteiger partial charge in [-0.2, -0.15) is 0 Å². The summed E-state index contributed by atoms with van der Waals surface area (Å²) in [6, 6.07) is 4.15. The van der Waals surface area contributed by atoms with Crippen molar-refractivity contribution in [2.24, 2.45) is 5.92 Å². The number of amides is 1. The molecule has 0 bridgehead atoms. The van der Waals surface area contributed by atoms with E-state index in [1.165, 1.54) is 44.9 Å². The van der Waals surface area contributed by atoms with Crippen molar-refractivity contribution in [2.75, 3.05) is 19.6 Å². The van der Waals surface area contributed by atoms with Gasteiger partial charge in [0.15, 0.2) is 0 Å². The van der Waals surface area contributed by atoms with Crippen LogP contribution in [0.3, 0.4) is 0 Å². The van der Waals surface area contributed by atoms with E-state index in [2.05, 4.69) is 10.2 Å². The maximum atomic E-state index is 12.2. The molecule has 2 heterocycles. The predicted octanol–water partition coefficient (Wildman–Crippen LogP) is 3.89. The molecule has 0 unspecified atom stereocenters. The van der Waals surface area contributed by atoms with Gasteiger partial charge in [0.05, 0.1) is 12.3 Å². The van der Waals surface area contributed by atoms with E-state index in [-0.39, 0.29) is 11.9 Å². The first-order valence-corrected chi connectivity index (χ1v) is 9.37. The number of furan rings is 1. The first-order chi connectivity index (χ1) is 11.3. The lowest BCUT2D eigenvalue weighted by Crippen LogP contribution is -2.36. The van der Waals surface area contributed by atoms with Gasteiger partial charge < -0.3 is 9.73 Å². The van der Waals surface area contributed by atoms with E-state index < -0.39 is 0 Å². The van der Waals surface area contributed by atoms with Gasteiger partial charge in [-0.1, -0.05) is 32.1 Å². The van der Waals surface area contributed by atoms with Crippen LogP contribution in [0.2, 0.25) is 0 Å². The van der Waals surface area contributed by atoms with Gasteiger partial charge in [0, 0.05) is 13.0 Å².